The van der Waals surface area contributed by atoms with E-state index in [2.05, 4.69) is 23.6 Å². The van der Waals surface area contributed by atoms with E-state index in [0.717, 1.165) is 22.2 Å². The maximum Gasteiger partial charge on any atom is 0.141 e. The van der Waals surface area contributed by atoms with Crippen LogP contribution in [-0.2, 0) is 0 Å². The molecule has 0 radical (unpaired) electrons. The maximum atomic E-state index is 11.4. The lowest BCUT2D eigenvalue weighted by atomic mass is 10.1. The summed E-state index contributed by atoms with van der Waals surface area (Å²) in [4.78, 5) is 11.4. The molecule has 0 aliphatic heterocycles. The Morgan fingerprint density at radius 3 is 2.25 bits per heavy atom. The topological polar surface area (TPSA) is 34.4 Å². The molecule has 100 valence electrons. The quantitative estimate of drug-likeness (QED) is 0.592. The second-order valence-corrected chi connectivity index (χ2v) is 5.14. The number of para-hydroxylation sites is 1. The highest BCUT2D eigenvalue weighted by atomic mass is 16.3. The molecule has 1 heterocycles. The van der Waals surface area contributed by atoms with E-state index >= 15 is 0 Å². The van der Waals surface area contributed by atoms with E-state index in [1.54, 1.807) is 0 Å². The first-order valence-electron chi connectivity index (χ1n) is 6.75. The van der Waals surface area contributed by atoms with Crippen LogP contribution in [0.3, 0.4) is 0 Å². The van der Waals surface area contributed by atoms with Gasteiger partial charge in [-0.1, -0.05) is 48.5 Å². The van der Waals surface area contributed by atoms with Gasteiger partial charge < -0.3 is 4.57 Å². The average molecular weight is 264 g/mol. The van der Waals surface area contributed by atoms with E-state index in [-0.39, 0.29) is 6.04 Å². The molecule has 0 aliphatic carbocycles. The molecule has 3 heteroatoms. The second-order valence-electron chi connectivity index (χ2n) is 5.14. The van der Waals surface area contributed by atoms with Gasteiger partial charge in [0.25, 0.3) is 0 Å². The molecular formula is C17H16N2O. The van der Waals surface area contributed by atoms with Crippen molar-refractivity contribution in [2.45, 2.75) is 19.9 Å². The highest BCUT2D eigenvalue weighted by Gasteiger charge is 2.20. The molecule has 0 amide bonds. The molecule has 1 aromatic heterocycles. The molecule has 2 aromatic carbocycles. The summed E-state index contributed by atoms with van der Waals surface area (Å²) in [6.45, 7) is 4.24. The normalized spacial score (nSPS) is 11.2. The van der Waals surface area contributed by atoms with Gasteiger partial charge in [-0.25, -0.2) is 0 Å². The van der Waals surface area contributed by atoms with Gasteiger partial charge in [0.2, 0.25) is 0 Å². The van der Waals surface area contributed by atoms with Crippen LogP contribution < -0.4 is 0 Å². The Bertz CT molecular complexity index is 757. The summed E-state index contributed by atoms with van der Waals surface area (Å²) < 4.78 is 2.18. The first-order valence-corrected chi connectivity index (χ1v) is 6.75. The van der Waals surface area contributed by atoms with Crippen LogP contribution in [0.2, 0.25) is 0 Å². The van der Waals surface area contributed by atoms with Gasteiger partial charge in [-0.15, -0.1) is 4.91 Å². The van der Waals surface area contributed by atoms with Crippen LogP contribution in [0.4, 0.5) is 5.69 Å². The third-order valence-corrected chi connectivity index (χ3v) is 3.54. The van der Waals surface area contributed by atoms with E-state index < -0.39 is 0 Å². The van der Waals surface area contributed by atoms with Crippen molar-refractivity contribution >= 4 is 16.6 Å². The van der Waals surface area contributed by atoms with Crippen LogP contribution in [0.25, 0.3) is 22.2 Å². The van der Waals surface area contributed by atoms with E-state index in [1.807, 2.05) is 54.6 Å². The maximum absolute atomic E-state index is 11.4. The van der Waals surface area contributed by atoms with E-state index in [0.29, 0.717) is 5.69 Å². The third kappa shape index (κ3) is 1.83. The summed E-state index contributed by atoms with van der Waals surface area (Å²) in [5, 5.41) is 4.22. The summed E-state index contributed by atoms with van der Waals surface area (Å²) in [6, 6.07) is 18.1. The van der Waals surface area contributed by atoms with Crippen molar-refractivity contribution in [2.24, 2.45) is 5.18 Å². The van der Waals surface area contributed by atoms with Crippen molar-refractivity contribution in [2.75, 3.05) is 0 Å². The van der Waals surface area contributed by atoms with Gasteiger partial charge in [0.1, 0.15) is 5.69 Å². The minimum atomic E-state index is 0.255. The molecule has 3 aromatic rings. The molecule has 0 fully saturated rings. The molecule has 0 bridgehead atoms. The Morgan fingerprint density at radius 2 is 1.60 bits per heavy atom. The van der Waals surface area contributed by atoms with Crippen LogP contribution in [0.15, 0.2) is 59.8 Å². The lowest BCUT2D eigenvalue weighted by Gasteiger charge is -2.14. The molecule has 0 N–H and O–H groups in total. The van der Waals surface area contributed by atoms with Gasteiger partial charge in [0.05, 0.1) is 11.2 Å². The van der Waals surface area contributed by atoms with Crippen LogP contribution in [0.1, 0.15) is 19.9 Å². The van der Waals surface area contributed by atoms with Gasteiger partial charge >= 0.3 is 0 Å². The molecule has 0 unspecified atom stereocenters. The predicted octanol–water partition coefficient (Wildman–Crippen LogP) is 5.29. The van der Waals surface area contributed by atoms with Crippen molar-refractivity contribution in [1.82, 2.24) is 4.57 Å². The summed E-state index contributed by atoms with van der Waals surface area (Å²) in [5.41, 5.74) is 3.50. The minimum Gasteiger partial charge on any atom is -0.336 e. The Kier molecular flexibility index (Phi) is 3.11. The number of fused-ring (bicyclic) bond motifs is 1. The Labute approximate surface area is 117 Å². The number of hydrogen-bond acceptors (Lipinski definition) is 2. The van der Waals surface area contributed by atoms with Crippen molar-refractivity contribution in [3.8, 4) is 11.3 Å². The average Bonchev–Trinajstić information content (AvgIpc) is 2.82. The summed E-state index contributed by atoms with van der Waals surface area (Å²) >= 11 is 0. The van der Waals surface area contributed by atoms with Crippen LogP contribution in [-0.4, -0.2) is 4.57 Å². The van der Waals surface area contributed by atoms with Gasteiger partial charge in [-0.3, -0.25) is 0 Å². The number of nitroso groups, excluding NO2 is 1. The lowest BCUT2D eigenvalue weighted by Crippen LogP contribution is -2.02. The fourth-order valence-corrected chi connectivity index (χ4v) is 2.75. The molecule has 3 rings (SSSR count). The standard InChI is InChI=1S/C17H16N2O/c1-12(2)19-15-11-7-6-10-14(15)16(18-20)17(19)13-8-4-3-5-9-13/h3-12H,1-2H3. The third-order valence-electron chi connectivity index (χ3n) is 3.54. The van der Waals surface area contributed by atoms with Crippen molar-refractivity contribution in [3.63, 3.8) is 0 Å². The molecular weight excluding hydrogens is 248 g/mol. The van der Waals surface area contributed by atoms with E-state index in [1.165, 1.54) is 0 Å². The number of benzene rings is 2. The minimum absolute atomic E-state index is 0.255. The smallest absolute Gasteiger partial charge is 0.141 e. The Morgan fingerprint density at radius 1 is 0.950 bits per heavy atom. The van der Waals surface area contributed by atoms with E-state index in [9.17, 15) is 4.91 Å². The molecule has 0 aliphatic rings. The molecule has 0 saturated heterocycles. The van der Waals surface area contributed by atoms with Gasteiger partial charge in [-0.2, -0.15) is 0 Å². The predicted molar refractivity (Wildman–Crippen MR) is 83.2 cm³/mol. The number of hydrogen-bond donors (Lipinski definition) is 0. The van der Waals surface area contributed by atoms with E-state index in [4.69, 9.17) is 0 Å². The zero-order chi connectivity index (χ0) is 14.1. The zero-order valence-electron chi connectivity index (χ0n) is 11.6. The van der Waals surface area contributed by atoms with Gasteiger partial charge in [-0.05, 0) is 25.1 Å². The fourth-order valence-electron chi connectivity index (χ4n) is 2.75. The first-order chi connectivity index (χ1) is 9.74. The highest BCUT2D eigenvalue weighted by Crippen LogP contribution is 2.41. The second kappa shape index (κ2) is 4.93. The van der Waals surface area contributed by atoms with Crippen molar-refractivity contribution in [3.05, 3.63) is 59.5 Å². The monoisotopic (exact) mass is 264 g/mol. The zero-order valence-corrected chi connectivity index (χ0v) is 11.6. The first kappa shape index (κ1) is 12.6. The molecule has 0 saturated carbocycles. The lowest BCUT2D eigenvalue weighted by molar-refractivity contribution is 0.629. The fraction of sp³-hybridized carbons (Fsp3) is 0.176. The Balaban J connectivity index is 2.46. The van der Waals surface area contributed by atoms with Crippen molar-refractivity contribution < 1.29 is 0 Å². The highest BCUT2D eigenvalue weighted by molar-refractivity contribution is 6.00. The van der Waals surface area contributed by atoms with Crippen LogP contribution in [0, 0.1) is 4.91 Å². The molecule has 0 atom stereocenters. The molecule has 3 nitrogen and oxygen atoms in total. The molecule has 20 heavy (non-hydrogen) atoms. The summed E-state index contributed by atoms with van der Waals surface area (Å²) in [6.07, 6.45) is 0. The van der Waals surface area contributed by atoms with Gasteiger partial charge in [0, 0.05) is 17.0 Å². The van der Waals surface area contributed by atoms with Crippen LogP contribution in [0.5, 0.6) is 0 Å². The Hall–Kier alpha value is -2.42. The number of nitrogens with zero attached hydrogens (tertiary/aromatic N) is 2. The van der Waals surface area contributed by atoms with Crippen molar-refractivity contribution in [1.29, 1.82) is 0 Å². The SMILES string of the molecule is CC(C)n1c(-c2ccccc2)c(N=O)c2ccccc21. The van der Waals surface area contributed by atoms with Crippen LogP contribution >= 0.6 is 0 Å². The number of rotatable bonds is 3. The largest absolute Gasteiger partial charge is 0.336 e. The summed E-state index contributed by atoms with van der Waals surface area (Å²) in [7, 11) is 0. The van der Waals surface area contributed by atoms with Gasteiger partial charge in [0.15, 0.2) is 0 Å². The number of aromatic nitrogens is 1. The summed E-state index contributed by atoms with van der Waals surface area (Å²) in [5.74, 6) is 0. The molecule has 0 spiro atoms.